The van der Waals surface area contributed by atoms with E-state index in [2.05, 4.69) is 9.97 Å². The van der Waals surface area contributed by atoms with Crippen molar-refractivity contribution in [2.75, 3.05) is 6.26 Å². The lowest BCUT2D eigenvalue weighted by molar-refractivity contribution is 0.670. The van der Waals surface area contributed by atoms with Gasteiger partial charge in [-0.1, -0.05) is 12.1 Å². The van der Waals surface area contributed by atoms with Crippen molar-refractivity contribution >= 4 is 22.8 Å². The molecule has 0 fully saturated rings. The topological polar surface area (TPSA) is 69.8 Å². The number of nitrogens with zero attached hydrogens (tertiary/aromatic N) is 4. The molecular weight excluding hydrogens is 360 g/mol. The number of thioether (sulfide) groups is 1. The van der Waals surface area contributed by atoms with Crippen LogP contribution in [0.25, 0.3) is 16.7 Å². The van der Waals surface area contributed by atoms with E-state index < -0.39 is 5.69 Å². The summed E-state index contributed by atoms with van der Waals surface area (Å²) in [5, 5.41) is 0.391. The molecule has 0 unspecified atom stereocenters. The summed E-state index contributed by atoms with van der Waals surface area (Å²) in [6, 6.07) is 16.4. The summed E-state index contributed by atoms with van der Waals surface area (Å²) in [7, 11) is 0. The van der Waals surface area contributed by atoms with Gasteiger partial charge in [0, 0.05) is 17.3 Å². The lowest BCUT2D eigenvalue weighted by Crippen LogP contribution is -2.40. The molecule has 0 N–H and O–H groups in total. The fourth-order valence-corrected chi connectivity index (χ4v) is 3.41. The molecule has 27 heavy (non-hydrogen) atoms. The molecule has 0 saturated carbocycles. The van der Waals surface area contributed by atoms with Crippen LogP contribution in [0, 0.1) is 0 Å². The molecule has 1 aromatic carbocycles. The van der Waals surface area contributed by atoms with Crippen LogP contribution in [0.2, 0.25) is 0 Å². The second kappa shape index (κ2) is 7.20. The van der Waals surface area contributed by atoms with Gasteiger partial charge in [-0.05, 0) is 48.7 Å². The number of rotatable bonds is 4. The molecule has 0 spiro atoms. The van der Waals surface area contributed by atoms with E-state index in [4.69, 9.17) is 0 Å². The summed E-state index contributed by atoms with van der Waals surface area (Å²) in [5.41, 5.74) is 0.860. The number of benzene rings is 1. The van der Waals surface area contributed by atoms with E-state index in [1.807, 2.05) is 36.6 Å². The smallest absolute Gasteiger partial charge is 0.268 e. The van der Waals surface area contributed by atoms with Crippen LogP contribution in [0.1, 0.15) is 5.69 Å². The number of hydrogen-bond donors (Lipinski definition) is 0. The predicted octanol–water partition coefficient (Wildman–Crippen LogP) is 2.71. The fourth-order valence-electron chi connectivity index (χ4n) is 2.96. The molecule has 0 radical (unpaired) electrons. The van der Waals surface area contributed by atoms with Gasteiger partial charge >= 0.3 is 5.69 Å². The second-order valence-corrected chi connectivity index (χ2v) is 6.79. The summed E-state index contributed by atoms with van der Waals surface area (Å²) in [4.78, 5) is 35.8. The molecule has 0 amide bonds. The van der Waals surface area contributed by atoms with Crippen LogP contribution in [0.4, 0.5) is 0 Å². The molecule has 0 atom stereocenters. The zero-order valence-corrected chi connectivity index (χ0v) is 15.4. The number of pyridine rings is 2. The first-order valence-electron chi connectivity index (χ1n) is 8.34. The van der Waals surface area contributed by atoms with E-state index in [1.54, 1.807) is 48.4 Å². The molecule has 0 saturated heterocycles. The molecule has 7 heteroatoms. The predicted molar refractivity (Wildman–Crippen MR) is 107 cm³/mol. The molecule has 0 aliphatic rings. The standard InChI is InChI=1S/C20H16N4O2S/c1-27-16-8-4-7-15(12-16)24-18-17(9-5-11-22-18)19(25)23(20(24)26)13-14-6-2-3-10-21-14/h2-12H,13H2,1H3. The highest BCUT2D eigenvalue weighted by molar-refractivity contribution is 7.98. The van der Waals surface area contributed by atoms with Crippen LogP contribution in [-0.4, -0.2) is 25.4 Å². The van der Waals surface area contributed by atoms with Crippen LogP contribution >= 0.6 is 11.8 Å². The lowest BCUT2D eigenvalue weighted by Gasteiger charge is -2.13. The van der Waals surface area contributed by atoms with Gasteiger partial charge in [0.05, 0.1) is 23.3 Å². The average Bonchev–Trinajstić information content (AvgIpc) is 2.72. The van der Waals surface area contributed by atoms with Crippen LogP contribution in [0.15, 0.2) is 81.5 Å². The van der Waals surface area contributed by atoms with Crippen LogP contribution in [0.3, 0.4) is 0 Å². The Morgan fingerprint density at radius 2 is 1.81 bits per heavy atom. The molecule has 4 aromatic rings. The molecular formula is C20H16N4O2S. The summed E-state index contributed by atoms with van der Waals surface area (Å²) >= 11 is 1.58. The monoisotopic (exact) mass is 376 g/mol. The van der Waals surface area contributed by atoms with Crippen molar-refractivity contribution in [2.24, 2.45) is 0 Å². The SMILES string of the molecule is CSc1cccc(-n2c(=O)n(Cc3ccccn3)c(=O)c3cccnc32)c1. The van der Waals surface area contributed by atoms with Gasteiger partial charge in [-0.25, -0.2) is 14.3 Å². The Morgan fingerprint density at radius 1 is 0.963 bits per heavy atom. The molecule has 6 nitrogen and oxygen atoms in total. The van der Waals surface area contributed by atoms with E-state index in [0.29, 0.717) is 22.4 Å². The van der Waals surface area contributed by atoms with E-state index >= 15 is 0 Å². The van der Waals surface area contributed by atoms with E-state index in [-0.39, 0.29) is 12.1 Å². The zero-order chi connectivity index (χ0) is 18.8. The van der Waals surface area contributed by atoms with Gasteiger partial charge in [-0.2, -0.15) is 0 Å². The highest BCUT2D eigenvalue weighted by Gasteiger charge is 2.16. The van der Waals surface area contributed by atoms with Crippen molar-refractivity contribution in [3.63, 3.8) is 0 Å². The van der Waals surface area contributed by atoms with Gasteiger partial charge in [0.2, 0.25) is 0 Å². The number of hydrogen-bond acceptors (Lipinski definition) is 5. The summed E-state index contributed by atoms with van der Waals surface area (Å²) in [6.45, 7) is 0.103. The van der Waals surface area contributed by atoms with Crippen molar-refractivity contribution in [3.8, 4) is 5.69 Å². The second-order valence-electron chi connectivity index (χ2n) is 5.91. The van der Waals surface area contributed by atoms with Gasteiger partial charge in [-0.3, -0.25) is 14.3 Å². The Hall–Kier alpha value is -3.19. The van der Waals surface area contributed by atoms with Gasteiger partial charge in [0.15, 0.2) is 5.65 Å². The van der Waals surface area contributed by atoms with Gasteiger partial charge in [0.25, 0.3) is 5.56 Å². The summed E-state index contributed by atoms with van der Waals surface area (Å²) in [6.07, 6.45) is 5.20. The van der Waals surface area contributed by atoms with Gasteiger partial charge in [-0.15, -0.1) is 11.8 Å². The summed E-state index contributed by atoms with van der Waals surface area (Å²) in [5.74, 6) is 0. The molecule has 0 aliphatic carbocycles. The molecule has 0 aliphatic heterocycles. The van der Waals surface area contributed by atoms with Crippen molar-refractivity contribution in [3.05, 3.63) is 93.5 Å². The van der Waals surface area contributed by atoms with Crippen molar-refractivity contribution < 1.29 is 0 Å². The van der Waals surface area contributed by atoms with Crippen molar-refractivity contribution in [1.82, 2.24) is 19.1 Å². The maximum absolute atomic E-state index is 13.3. The number of aromatic nitrogens is 4. The third-order valence-electron chi connectivity index (χ3n) is 4.25. The van der Waals surface area contributed by atoms with Crippen molar-refractivity contribution in [2.45, 2.75) is 11.4 Å². The molecule has 4 rings (SSSR count). The maximum atomic E-state index is 13.3. The third kappa shape index (κ3) is 3.17. The van der Waals surface area contributed by atoms with Gasteiger partial charge in [0.1, 0.15) is 0 Å². The number of fused-ring (bicyclic) bond motifs is 1. The largest absolute Gasteiger partial charge is 0.337 e. The minimum absolute atomic E-state index is 0.103. The van der Waals surface area contributed by atoms with Crippen molar-refractivity contribution in [1.29, 1.82) is 0 Å². The first-order valence-corrected chi connectivity index (χ1v) is 9.56. The Morgan fingerprint density at radius 3 is 2.59 bits per heavy atom. The first-order chi connectivity index (χ1) is 13.2. The molecule has 0 bridgehead atoms. The summed E-state index contributed by atoms with van der Waals surface area (Å²) < 4.78 is 2.69. The molecule has 134 valence electrons. The highest BCUT2D eigenvalue weighted by Crippen LogP contribution is 2.19. The fraction of sp³-hybridized carbons (Fsp3) is 0.100. The Labute approximate surface area is 159 Å². The molecule has 3 heterocycles. The Balaban J connectivity index is 2.03. The molecule has 3 aromatic heterocycles. The van der Waals surface area contributed by atoms with Gasteiger partial charge < -0.3 is 0 Å². The van der Waals surface area contributed by atoms with E-state index in [0.717, 1.165) is 4.90 Å². The highest BCUT2D eigenvalue weighted by atomic mass is 32.2. The Bertz CT molecular complexity index is 1230. The van der Waals surface area contributed by atoms with Crippen LogP contribution in [0.5, 0.6) is 0 Å². The minimum Gasteiger partial charge on any atom is -0.268 e. The quantitative estimate of drug-likeness (QED) is 0.512. The normalized spacial score (nSPS) is 11.0. The third-order valence-corrected chi connectivity index (χ3v) is 4.98. The minimum atomic E-state index is -0.435. The maximum Gasteiger partial charge on any atom is 0.337 e. The van der Waals surface area contributed by atoms with Crippen LogP contribution < -0.4 is 11.2 Å². The van der Waals surface area contributed by atoms with E-state index in [1.165, 1.54) is 9.13 Å². The van der Waals surface area contributed by atoms with Crippen LogP contribution in [-0.2, 0) is 6.54 Å². The first kappa shape index (κ1) is 17.2. The average molecular weight is 376 g/mol. The van der Waals surface area contributed by atoms with E-state index in [9.17, 15) is 9.59 Å². The zero-order valence-electron chi connectivity index (χ0n) is 14.6. The Kier molecular flexibility index (Phi) is 4.60. The lowest BCUT2D eigenvalue weighted by atomic mass is 10.2.